The van der Waals surface area contributed by atoms with E-state index < -0.39 is 5.60 Å². The van der Waals surface area contributed by atoms with Crippen molar-refractivity contribution in [3.8, 4) is 0 Å². The monoisotopic (exact) mass is 226 g/mol. The average molecular weight is 226 g/mol. The van der Waals surface area contributed by atoms with E-state index in [-0.39, 0.29) is 11.6 Å². The first-order valence-electron chi connectivity index (χ1n) is 6.19. The van der Waals surface area contributed by atoms with Crippen LogP contribution in [0.15, 0.2) is 0 Å². The topological polar surface area (TPSA) is 41.6 Å². The van der Waals surface area contributed by atoms with E-state index in [1.165, 1.54) is 25.7 Å². The zero-order valence-corrected chi connectivity index (χ0v) is 10.5. The molecule has 0 unspecified atom stereocenters. The van der Waals surface area contributed by atoms with E-state index in [1.807, 2.05) is 20.8 Å². The van der Waals surface area contributed by atoms with Gasteiger partial charge in [-0.25, -0.2) is 15.2 Å². The highest BCUT2D eigenvalue weighted by Crippen LogP contribution is 2.36. The number of ether oxygens (including phenoxy) is 1. The van der Waals surface area contributed by atoms with E-state index in [4.69, 9.17) is 4.74 Å². The van der Waals surface area contributed by atoms with E-state index in [0.29, 0.717) is 0 Å². The number of hydrogen-bond acceptors (Lipinski definition) is 3. The highest BCUT2D eigenvalue weighted by molar-refractivity contribution is 5.68. The lowest BCUT2D eigenvalue weighted by molar-refractivity contribution is 0.0170. The fourth-order valence-corrected chi connectivity index (χ4v) is 2.59. The molecule has 92 valence electrons. The minimum Gasteiger partial charge on any atom is -0.443 e. The molecule has 1 heterocycles. The average Bonchev–Trinajstić information content (AvgIpc) is 2.74. The molecule has 2 aliphatic rings. The highest BCUT2D eigenvalue weighted by Gasteiger charge is 2.42. The van der Waals surface area contributed by atoms with Crippen LogP contribution in [0.1, 0.15) is 52.9 Å². The van der Waals surface area contributed by atoms with Gasteiger partial charge in [0, 0.05) is 12.1 Å². The van der Waals surface area contributed by atoms with Gasteiger partial charge in [0.05, 0.1) is 0 Å². The lowest BCUT2D eigenvalue weighted by Gasteiger charge is -2.27. The number of nitrogens with one attached hydrogen (secondary N) is 1. The van der Waals surface area contributed by atoms with Gasteiger partial charge in [-0.1, -0.05) is 12.8 Å². The van der Waals surface area contributed by atoms with Crippen LogP contribution in [0.2, 0.25) is 0 Å². The number of nitrogens with zero attached hydrogens (tertiary/aromatic N) is 1. The summed E-state index contributed by atoms with van der Waals surface area (Å²) in [5.41, 5.74) is 3.13. The predicted octanol–water partition coefficient (Wildman–Crippen LogP) is 2.44. The second kappa shape index (κ2) is 3.91. The maximum atomic E-state index is 11.8. The normalized spacial score (nSPS) is 24.1. The molecule has 0 radical (unpaired) electrons. The Balaban J connectivity index is 1.91. The van der Waals surface area contributed by atoms with Crippen molar-refractivity contribution in [2.75, 3.05) is 6.54 Å². The Labute approximate surface area is 97.3 Å². The summed E-state index contributed by atoms with van der Waals surface area (Å²) < 4.78 is 5.35. The molecule has 1 amide bonds. The first-order chi connectivity index (χ1) is 7.40. The molecule has 4 nitrogen and oxygen atoms in total. The molecule has 0 atom stereocenters. The third kappa shape index (κ3) is 2.48. The van der Waals surface area contributed by atoms with Crippen LogP contribution in [0.3, 0.4) is 0 Å². The maximum absolute atomic E-state index is 11.8. The number of amides is 1. The molecule has 0 aromatic carbocycles. The first-order valence-corrected chi connectivity index (χ1v) is 6.19. The predicted molar refractivity (Wildman–Crippen MR) is 61.9 cm³/mol. The Bertz CT molecular complexity index is 277. The molecule has 0 bridgehead atoms. The third-order valence-electron chi connectivity index (χ3n) is 3.36. The SMILES string of the molecule is CC(C)(C)OC(=O)N1CCC2(CCCC2)N1. The van der Waals surface area contributed by atoms with E-state index in [2.05, 4.69) is 5.43 Å². The molecule has 1 aliphatic heterocycles. The lowest BCUT2D eigenvalue weighted by atomic mass is 9.96. The summed E-state index contributed by atoms with van der Waals surface area (Å²) in [6, 6.07) is 0. The fourth-order valence-electron chi connectivity index (χ4n) is 2.59. The molecular formula is C12H22N2O2. The highest BCUT2D eigenvalue weighted by atomic mass is 16.6. The van der Waals surface area contributed by atoms with Crippen molar-refractivity contribution < 1.29 is 9.53 Å². The number of hydrogen-bond donors (Lipinski definition) is 1. The van der Waals surface area contributed by atoms with Gasteiger partial charge in [-0.2, -0.15) is 0 Å². The summed E-state index contributed by atoms with van der Waals surface area (Å²) in [6.45, 7) is 6.46. The smallest absolute Gasteiger partial charge is 0.424 e. The van der Waals surface area contributed by atoms with Gasteiger partial charge in [-0.3, -0.25) is 0 Å². The zero-order chi connectivity index (χ0) is 11.8. The third-order valence-corrected chi connectivity index (χ3v) is 3.36. The maximum Gasteiger partial charge on any atom is 0.424 e. The van der Waals surface area contributed by atoms with Gasteiger partial charge in [0.15, 0.2) is 0 Å². The van der Waals surface area contributed by atoms with Crippen molar-refractivity contribution in [1.82, 2.24) is 10.4 Å². The molecule has 4 heteroatoms. The Morgan fingerprint density at radius 1 is 1.25 bits per heavy atom. The quantitative estimate of drug-likeness (QED) is 0.690. The minimum atomic E-state index is -0.413. The summed E-state index contributed by atoms with van der Waals surface area (Å²) in [4.78, 5) is 11.8. The molecule has 0 aromatic rings. The minimum absolute atomic E-state index is 0.191. The molecule has 1 saturated carbocycles. The Morgan fingerprint density at radius 2 is 1.88 bits per heavy atom. The van der Waals surface area contributed by atoms with Crippen molar-refractivity contribution in [3.05, 3.63) is 0 Å². The van der Waals surface area contributed by atoms with Crippen LogP contribution in [0.5, 0.6) is 0 Å². The van der Waals surface area contributed by atoms with Crippen molar-refractivity contribution in [2.24, 2.45) is 0 Å². The van der Waals surface area contributed by atoms with E-state index in [0.717, 1.165) is 13.0 Å². The lowest BCUT2D eigenvalue weighted by Crippen LogP contribution is -2.48. The molecule has 16 heavy (non-hydrogen) atoms. The van der Waals surface area contributed by atoms with Gasteiger partial charge in [-0.05, 0) is 40.0 Å². The van der Waals surface area contributed by atoms with Crippen LogP contribution in [-0.4, -0.2) is 28.8 Å². The standard InChI is InChI=1S/C12H22N2O2/c1-11(2,3)16-10(15)14-9-8-12(13-14)6-4-5-7-12/h13H,4-9H2,1-3H3. The summed E-state index contributed by atoms with van der Waals surface area (Å²) >= 11 is 0. The van der Waals surface area contributed by atoms with Gasteiger partial charge >= 0.3 is 6.09 Å². The van der Waals surface area contributed by atoms with Gasteiger partial charge in [0.25, 0.3) is 0 Å². The van der Waals surface area contributed by atoms with Crippen LogP contribution < -0.4 is 5.43 Å². The van der Waals surface area contributed by atoms with Gasteiger partial charge in [0.1, 0.15) is 5.60 Å². The molecule has 1 saturated heterocycles. The van der Waals surface area contributed by atoms with Gasteiger partial charge in [-0.15, -0.1) is 0 Å². The molecule has 0 aromatic heterocycles. The van der Waals surface area contributed by atoms with Crippen LogP contribution in [0, 0.1) is 0 Å². The van der Waals surface area contributed by atoms with Gasteiger partial charge in [0.2, 0.25) is 0 Å². The van der Waals surface area contributed by atoms with Crippen LogP contribution >= 0.6 is 0 Å². The molecule has 1 spiro atoms. The number of hydrazine groups is 1. The summed E-state index contributed by atoms with van der Waals surface area (Å²) in [7, 11) is 0. The number of carbonyl (C=O) groups is 1. The van der Waals surface area contributed by atoms with Crippen molar-refractivity contribution >= 4 is 6.09 Å². The van der Waals surface area contributed by atoms with E-state index in [1.54, 1.807) is 5.01 Å². The van der Waals surface area contributed by atoms with Gasteiger partial charge < -0.3 is 4.74 Å². The zero-order valence-electron chi connectivity index (χ0n) is 10.5. The largest absolute Gasteiger partial charge is 0.443 e. The second-order valence-corrected chi connectivity index (χ2v) is 5.98. The summed E-state index contributed by atoms with van der Waals surface area (Å²) in [6.07, 6.45) is 5.74. The van der Waals surface area contributed by atoms with Crippen LogP contribution in [-0.2, 0) is 4.74 Å². The Hall–Kier alpha value is -0.770. The van der Waals surface area contributed by atoms with Crippen molar-refractivity contribution in [2.45, 2.75) is 64.0 Å². The Morgan fingerprint density at radius 3 is 2.44 bits per heavy atom. The summed E-state index contributed by atoms with van der Waals surface area (Å²) in [5.74, 6) is 0. The first kappa shape index (κ1) is 11.7. The molecule has 1 N–H and O–H groups in total. The number of rotatable bonds is 0. The van der Waals surface area contributed by atoms with Crippen LogP contribution in [0.25, 0.3) is 0 Å². The summed E-state index contributed by atoms with van der Waals surface area (Å²) in [5, 5.41) is 1.65. The van der Waals surface area contributed by atoms with Crippen molar-refractivity contribution in [3.63, 3.8) is 0 Å². The fraction of sp³-hybridized carbons (Fsp3) is 0.917. The second-order valence-electron chi connectivity index (χ2n) is 5.98. The molecular weight excluding hydrogens is 204 g/mol. The van der Waals surface area contributed by atoms with Crippen molar-refractivity contribution in [1.29, 1.82) is 0 Å². The number of carbonyl (C=O) groups excluding carboxylic acids is 1. The molecule has 2 fully saturated rings. The van der Waals surface area contributed by atoms with E-state index >= 15 is 0 Å². The van der Waals surface area contributed by atoms with E-state index in [9.17, 15) is 4.79 Å². The Kier molecular flexibility index (Phi) is 2.86. The van der Waals surface area contributed by atoms with Crippen LogP contribution in [0.4, 0.5) is 4.79 Å². The molecule has 2 rings (SSSR count). The molecule has 1 aliphatic carbocycles.